The Balaban J connectivity index is 2.32. The number of hydrogen-bond acceptors (Lipinski definition) is 2. The average molecular weight is 305 g/mol. The van der Waals surface area contributed by atoms with Crippen LogP contribution in [0.15, 0.2) is 42.5 Å². The van der Waals surface area contributed by atoms with E-state index < -0.39 is 0 Å². The predicted molar refractivity (Wildman–Crippen MR) is 84.3 cm³/mol. The van der Waals surface area contributed by atoms with Crippen molar-refractivity contribution >= 4 is 28.9 Å². The maximum Gasteiger partial charge on any atom is 0.101 e. The molecule has 0 radical (unpaired) electrons. The van der Waals surface area contributed by atoms with Crippen molar-refractivity contribution < 1.29 is 0 Å². The summed E-state index contributed by atoms with van der Waals surface area (Å²) in [6.45, 7) is 2.07. The highest BCUT2D eigenvalue weighted by Crippen LogP contribution is 2.31. The van der Waals surface area contributed by atoms with Crippen molar-refractivity contribution in [3.8, 4) is 6.07 Å². The fourth-order valence-electron chi connectivity index (χ4n) is 2.08. The van der Waals surface area contributed by atoms with E-state index in [2.05, 4.69) is 18.3 Å². The SMILES string of the molecule is CCC(Nc1ccccc1C#N)c1ccc(Cl)cc1Cl. The van der Waals surface area contributed by atoms with Crippen LogP contribution in [0.25, 0.3) is 0 Å². The number of nitrogens with zero attached hydrogens (tertiary/aromatic N) is 1. The van der Waals surface area contributed by atoms with E-state index in [1.54, 1.807) is 12.1 Å². The third-order valence-corrected chi connectivity index (χ3v) is 3.69. The van der Waals surface area contributed by atoms with E-state index in [1.807, 2.05) is 30.3 Å². The molecule has 0 aliphatic carbocycles. The van der Waals surface area contributed by atoms with E-state index in [4.69, 9.17) is 28.5 Å². The first-order valence-electron chi connectivity index (χ1n) is 6.36. The topological polar surface area (TPSA) is 35.8 Å². The van der Waals surface area contributed by atoms with Gasteiger partial charge >= 0.3 is 0 Å². The van der Waals surface area contributed by atoms with Crippen LogP contribution in [0.1, 0.15) is 30.5 Å². The number of hydrogen-bond donors (Lipinski definition) is 1. The molecule has 2 rings (SSSR count). The zero-order valence-corrected chi connectivity index (χ0v) is 12.5. The highest BCUT2D eigenvalue weighted by Gasteiger charge is 2.14. The standard InChI is InChI=1S/C16H14Cl2N2/c1-2-15(13-8-7-12(17)9-14(13)18)20-16-6-4-3-5-11(16)10-19/h3-9,15,20H,2H2,1H3. The van der Waals surface area contributed by atoms with Gasteiger partial charge in [0.1, 0.15) is 6.07 Å². The summed E-state index contributed by atoms with van der Waals surface area (Å²) >= 11 is 12.2. The molecule has 0 aliphatic heterocycles. The summed E-state index contributed by atoms with van der Waals surface area (Å²) in [5.74, 6) is 0. The average Bonchev–Trinajstić information content (AvgIpc) is 2.46. The highest BCUT2D eigenvalue weighted by molar-refractivity contribution is 6.35. The molecule has 0 heterocycles. The zero-order valence-electron chi connectivity index (χ0n) is 11.0. The molecule has 0 saturated carbocycles. The molecule has 0 amide bonds. The number of benzene rings is 2. The number of anilines is 1. The third kappa shape index (κ3) is 3.25. The molecule has 0 aliphatic rings. The van der Waals surface area contributed by atoms with Crippen LogP contribution in [0, 0.1) is 11.3 Å². The molecule has 0 fully saturated rings. The van der Waals surface area contributed by atoms with Gasteiger partial charge in [-0.15, -0.1) is 0 Å². The fraction of sp³-hybridized carbons (Fsp3) is 0.188. The summed E-state index contributed by atoms with van der Waals surface area (Å²) in [6.07, 6.45) is 0.848. The van der Waals surface area contributed by atoms with Gasteiger partial charge in [0.2, 0.25) is 0 Å². The fourth-order valence-corrected chi connectivity index (χ4v) is 2.62. The Morgan fingerprint density at radius 3 is 2.60 bits per heavy atom. The molecule has 1 N–H and O–H groups in total. The summed E-state index contributed by atoms with van der Waals surface area (Å²) < 4.78 is 0. The van der Waals surface area contributed by atoms with Crippen LogP contribution >= 0.6 is 23.2 Å². The second-order valence-corrected chi connectivity index (χ2v) is 5.27. The summed E-state index contributed by atoms with van der Waals surface area (Å²) in [6, 6.07) is 15.1. The Morgan fingerprint density at radius 1 is 1.20 bits per heavy atom. The summed E-state index contributed by atoms with van der Waals surface area (Å²) in [5.41, 5.74) is 2.41. The summed E-state index contributed by atoms with van der Waals surface area (Å²) in [5, 5.41) is 13.8. The maximum absolute atomic E-state index is 9.13. The highest BCUT2D eigenvalue weighted by atomic mass is 35.5. The van der Waals surface area contributed by atoms with E-state index in [-0.39, 0.29) is 6.04 Å². The normalized spacial score (nSPS) is 11.7. The minimum Gasteiger partial charge on any atom is -0.377 e. The molecular formula is C16H14Cl2N2. The van der Waals surface area contributed by atoms with Crippen molar-refractivity contribution in [3.05, 3.63) is 63.6 Å². The largest absolute Gasteiger partial charge is 0.377 e. The lowest BCUT2D eigenvalue weighted by Gasteiger charge is -2.20. The van der Waals surface area contributed by atoms with Crippen molar-refractivity contribution in [2.75, 3.05) is 5.32 Å². The van der Waals surface area contributed by atoms with Gasteiger partial charge in [-0.1, -0.05) is 48.3 Å². The number of nitriles is 1. The van der Waals surface area contributed by atoms with Gasteiger partial charge in [-0.05, 0) is 36.2 Å². The van der Waals surface area contributed by atoms with Gasteiger partial charge in [-0.25, -0.2) is 0 Å². The van der Waals surface area contributed by atoms with Crippen molar-refractivity contribution in [2.45, 2.75) is 19.4 Å². The molecule has 1 atom stereocenters. The maximum atomic E-state index is 9.13. The molecule has 20 heavy (non-hydrogen) atoms. The Morgan fingerprint density at radius 2 is 1.95 bits per heavy atom. The van der Waals surface area contributed by atoms with Crippen molar-refractivity contribution in [2.24, 2.45) is 0 Å². The first kappa shape index (κ1) is 14.7. The van der Waals surface area contributed by atoms with Crippen LogP contribution in [0.2, 0.25) is 10.0 Å². The van der Waals surface area contributed by atoms with Crippen LogP contribution in [-0.4, -0.2) is 0 Å². The first-order valence-corrected chi connectivity index (χ1v) is 7.12. The molecule has 2 nitrogen and oxygen atoms in total. The monoisotopic (exact) mass is 304 g/mol. The van der Waals surface area contributed by atoms with Crippen LogP contribution in [0.4, 0.5) is 5.69 Å². The lowest BCUT2D eigenvalue weighted by molar-refractivity contribution is 0.749. The Kier molecular flexibility index (Phi) is 4.89. The van der Waals surface area contributed by atoms with Crippen molar-refractivity contribution in [3.63, 3.8) is 0 Å². The van der Waals surface area contributed by atoms with Gasteiger partial charge < -0.3 is 5.32 Å². The number of rotatable bonds is 4. The second kappa shape index (κ2) is 6.65. The Bertz CT molecular complexity index is 647. The van der Waals surface area contributed by atoms with Gasteiger partial charge in [0.25, 0.3) is 0 Å². The molecule has 4 heteroatoms. The third-order valence-electron chi connectivity index (χ3n) is 3.12. The Hall–Kier alpha value is -1.69. The molecule has 0 spiro atoms. The molecule has 2 aromatic carbocycles. The van der Waals surface area contributed by atoms with E-state index >= 15 is 0 Å². The Labute approximate surface area is 128 Å². The lowest BCUT2D eigenvalue weighted by atomic mass is 10.0. The summed E-state index contributed by atoms with van der Waals surface area (Å²) in [7, 11) is 0. The van der Waals surface area contributed by atoms with Crippen molar-refractivity contribution in [1.82, 2.24) is 0 Å². The van der Waals surface area contributed by atoms with Crippen LogP contribution in [0.5, 0.6) is 0 Å². The van der Waals surface area contributed by atoms with Crippen LogP contribution < -0.4 is 5.32 Å². The molecule has 0 bridgehead atoms. The number of halogens is 2. The van der Waals surface area contributed by atoms with Gasteiger partial charge in [0.05, 0.1) is 17.3 Å². The number of nitrogens with one attached hydrogen (secondary N) is 1. The van der Waals surface area contributed by atoms with Gasteiger partial charge in [-0.3, -0.25) is 0 Å². The quantitative estimate of drug-likeness (QED) is 0.817. The minimum absolute atomic E-state index is 0.0364. The first-order chi connectivity index (χ1) is 9.65. The van der Waals surface area contributed by atoms with E-state index in [0.717, 1.165) is 17.7 Å². The van der Waals surface area contributed by atoms with Gasteiger partial charge in [0, 0.05) is 10.0 Å². The number of para-hydroxylation sites is 1. The lowest BCUT2D eigenvalue weighted by Crippen LogP contribution is -2.11. The van der Waals surface area contributed by atoms with E-state index in [0.29, 0.717) is 15.6 Å². The van der Waals surface area contributed by atoms with E-state index in [1.165, 1.54) is 0 Å². The summed E-state index contributed by atoms with van der Waals surface area (Å²) in [4.78, 5) is 0. The molecule has 0 aromatic heterocycles. The molecule has 1 unspecified atom stereocenters. The van der Waals surface area contributed by atoms with Gasteiger partial charge in [0.15, 0.2) is 0 Å². The van der Waals surface area contributed by atoms with Crippen molar-refractivity contribution in [1.29, 1.82) is 5.26 Å². The molecule has 102 valence electrons. The van der Waals surface area contributed by atoms with Crippen LogP contribution in [-0.2, 0) is 0 Å². The molecule has 2 aromatic rings. The second-order valence-electron chi connectivity index (χ2n) is 4.43. The molecule has 0 saturated heterocycles. The predicted octanol–water partition coefficient (Wildman–Crippen LogP) is 5.43. The van der Waals surface area contributed by atoms with Gasteiger partial charge in [-0.2, -0.15) is 5.26 Å². The van der Waals surface area contributed by atoms with Crippen LogP contribution in [0.3, 0.4) is 0 Å². The molecular weight excluding hydrogens is 291 g/mol. The smallest absolute Gasteiger partial charge is 0.101 e. The van der Waals surface area contributed by atoms with E-state index in [9.17, 15) is 0 Å². The minimum atomic E-state index is 0.0364. The zero-order chi connectivity index (χ0) is 14.5.